The van der Waals surface area contributed by atoms with E-state index in [1.165, 1.54) is 16.7 Å². The molecule has 0 bridgehead atoms. The summed E-state index contributed by atoms with van der Waals surface area (Å²) in [5, 5.41) is 8.05. The molecule has 2 aromatic carbocycles. The zero-order valence-corrected chi connectivity index (χ0v) is 15.8. The third-order valence-corrected chi connectivity index (χ3v) is 4.88. The summed E-state index contributed by atoms with van der Waals surface area (Å²) in [6.07, 6.45) is 3.81. The first-order valence-corrected chi connectivity index (χ1v) is 9.13. The van der Waals surface area contributed by atoms with Crippen LogP contribution in [0.5, 0.6) is 0 Å². The fourth-order valence-corrected chi connectivity index (χ4v) is 3.17. The number of hydrogen-bond acceptors (Lipinski definition) is 3. The van der Waals surface area contributed by atoms with Gasteiger partial charge in [-0.2, -0.15) is 5.10 Å². The van der Waals surface area contributed by atoms with E-state index in [-0.39, 0.29) is 6.04 Å². The lowest BCUT2D eigenvalue weighted by atomic mass is 9.99. The molecule has 1 aromatic heterocycles. The maximum Gasteiger partial charge on any atom is 0.0659 e. The molecule has 1 N–H and O–H groups in total. The van der Waals surface area contributed by atoms with E-state index >= 15 is 0 Å². The molecule has 3 rings (SSSR count). The van der Waals surface area contributed by atoms with Crippen LogP contribution in [0.1, 0.15) is 29.7 Å². The fourth-order valence-electron chi connectivity index (χ4n) is 3.17. The minimum absolute atomic E-state index is 0.279. The van der Waals surface area contributed by atoms with Gasteiger partial charge in [0, 0.05) is 31.0 Å². The number of aromatic nitrogens is 2. The highest BCUT2D eigenvalue weighted by Gasteiger charge is 2.20. The number of nitrogens with zero attached hydrogens (tertiary/aromatic N) is 3. The molecule has 4 heteroatoms. The Bertz CT molecular complexity index is 781. The summed E-state index contributed by atoms with van der Waals surface area (Å²) >= 11 is 0. The second kappa shape index (κ2) is 8.79. The first kappa shape index (κ1) is 18.4. The van der Waals surface area contributed by atoms with Gasteiger partial charge in [0.15, 0.2) is 0 Å². The van der Waals surface area contributed by atoms with E-state index in [1.807, 2.05) is 23.1 Å². The molecule has 0 aliphatic rings. The van der Waals surface area contributed by atoms with Crippen LogP contribution in [-0.2, 0) is 13.1 Å². The number of benzene rings is 2. The average Bonchev–Trinajstić information content (AvgIpc) is 3.16. The third-order valence-electron chi connectivity index (χ3n) is 4.88. The smallest absolute Gasteiger partial charge is 0.0659 e. The van der Waals surface area contributed by atoms with Gasteiger partial charge in [-0.3, -0.25) is 4.68 Å². The molecule has 0 aliphatic heterocycles. The molecular weight excluding hydrogens is 320 g/mol. The van der Waals surface area contributed by atoms with Crippen molar-refractivity contribution in [2.45, 2.75) is 32.1 Å². The van der Waals surface area contributed by atoms with Crippen molar-refractivity contribution in [3.05, 3.63) is 89.7 Å². The van der Waals surface area contributed by atoms with Gasteiger partial charge in [0.05, 0.1) is 6.54 Å². The van der Waals surface area contributed by atoms with Crippen molar-refractivity contribution in [1.82, 2.24) is 20.0 Å². The van der Waals surface area contributed by atoms with Gasteiger partial charge in [-0.15, -0.1) is 0 Å². The van der Waals surface area contributed by atoms with Gasteiger partial charge in [-0.05, 0) is 43.8 Å². The lowest BCUT2D eigenvalue weighted by molar-refractivity contribution is 0.245. The van der Waals surface area contributed by atoms with Crippen molar-refractivity contribution in [1.29, 1.82) is 0 Å². The van der Waals surface area contributed by atoms with Crippen LogP contribution >= 0.6 is 0 Å². The minimum atomic E-state index is 0.279. The molecule has 2 atom stereocenters. The molecule has 0 saturated carbocycles. The molecular formula is C22H28N4. The van der Waals surface area contributed by atoms with Crippen molar-refractivity contribution in [3.8, 4) is 0 Å². The van der Waals surface area contributed by atoms with Crippen molar-refractivity contribution in [2.24, 2.45) is 0 Å². The van der Waals surface area contributed by atoms with Crippen LogP contribution in [0.15, 0.2) is 73.1 Å². The Morgan fingerprint density at radius 2 is 1.77 bits per heavy atom. The Morgan fingerprint density at radius 3 is 2.46 bits per heavy atom. The molecule has 26 heavy (non-hydrogen) atoms. The third kappa shape index (κ3) is 4.81. The SMILES string of the molecule is CC(C(NCc1cccc(Cn2cccn2)c1)c1ccccc1)N(C)C. The summed E-state index contributed by atoms with van der Waals surface area (Å²) in [6, 6.07) is 22.0. The van der Waals surface area contributed by atoms with Crippen LogP contribution in [0.3, 0.4) is 0 Å². The number of rotatable bonds is 8. The van der Waals surface area contributed by atoms with Crippen LogP contribution < -0.4 is 5.32 Å². The van der Waals surface area contributed by atoms with Crippen molar-refractivity contribution in [3.63, 3.8) is 0 Å². The van der Waals surface area contributed by atoms with E-state index < -0.39 is 0 Å². The van der Waals surface area contributed by atoms with Gasteiger partial charge in [0.25, 0.3) is 0 Å². The summed E-state index contributed by atoms with van der Waals surface area (Å²) in [5.74, 6) is 0. The van der Waals surface area contributed by atoms with Gasteiger partial charge >= 0.3 is 0 Å². The Kier molecular flexibility index (Phi) is 6.21. The van der Waals surface area contributed by atoms with Gasteiger partial charge in [0.2, 0.25) is 0 Å². The van der Waals surface area contributed by atoms with Crippen LogP contribution in [0.25, 0.3) is 0 Å². The highest BCUT2D eigenvalue weighted by atomic mass is 15.3. The average molecular weight is 348 g/mol. The molecule has 0 aliphatic carbocycles. The molecule has 0 fully saturated rings. The molecule has 136 valence electrons. The first-order chi connectivity index (χ1) is 12.6. The van der Waals surface area contributed by atoms with Crippen LogP contribution in [0.2, 0.25) is 0 Å². The summed E-state index contributed by atoms with van der Waals surface area (Å²) in [7, 11) is 4.26. The lowest BCUT2D eigenvalue weighted by Gasteiger charge is -2.30. The van der Waals surface area contributed by atoms with Crippen LogP contribution in [-0.4, -0.2) is 34.8 Å². The van der Waals surface area contributed by atoms with Gasteiger partial charge in [-0.1, -0.05) is 54.6 Å². The predicted octanol–water partition coefficient (Wildman–Crippen LogP) is 3.71. The Hall–Kier alpha value is -2.43. The maximum atomic E-state index is 4.29. The monoisotopic (exact) mass is 348 g/mol. The van der Waals surface area contributed by atoms with E-state index in [9.17, 15) is 0 Å². The maximum absolute atomic E-state index is 4.29. The quantitative estimate of drug-likeness (QED) is 0.674. The number of likely N-dealkylation sites (N-methyl/N-ethyl adjacent to an activating group) is 1. The first-order valence-electron chi connectivity index (χ1n) is 9.13. The Labute approximate surface area is 156 Å². The zero-order chi connectivity index (χ0) is 18.4. The standard InChI is InChI=1S/C22H28N4/c1-18(25(2)3)22(21-11-5-4-6-12-21)23-16-19-9-7-10-20(15-19)17-26-14-8-13-24-26/h4-15,18,22-23H,16-17H2,1-3H3. The number of nitrogens with one attached hydrogen (secondary N) is 1. The van der Waals surface area contributed by atoms with Gasteiger partial charge in [-0.25, -0.2) is 0 Å². The lowest BCUT2D eigenvalue weighted by Crippen LogP contribution is -2.38. The van der Waals surface area contributed by atoms with Gasteiger partial charge in [0.1, 0.15) is 0 Å². The van der Waals surface area contributed by atoms with Crippen LogP contribution in [0, 0.1) is 0 Å². The second-order valence-electron chi connectivity index (χ2n) is 7.00. The van der Waals surface area contributed by atoms with E-state index in [0.29, 0.717) is 6.04 Å². The molecule has 0 spiro atoms. The largest absolute Gasteiger partial charge is 0.305 e. The molecule has 2 unspecified atom stereocenters. The fraction of sp³-hybridized carbons (Fsp3) is 0.318. The van der Waals surface area contributed by atoms with Crippen molar-refractivity contribution >= 4 is 0 Å². The highest BCUT2D eigenvalue weighted by Crippen LogP contribution is 2.20. The molecule has 3 aromatic rings. The van der Waals surface area contributed by atoms with Crippen LogP contribution in [0.4, 0.5) is 0 Å². The predicted molar refractivity (Wildman–Crippen MR) is 107 cm³/mol. The summed E-state index contributed by atoms with van der Waals surface area (Å²) in [6.45, 7) is 3.90. The summed E-state index contributed by atoms with van der Waals surface area (Å²) in [5.41, 5.74) is 3.88. The minimum Gasteiger partial charge on any atom is -0.305 e. The Morgan fingerprint density at radius 1 is 1.00 bits per heavy atom. The second-order valence-corrected chi connectivity index (χ2v) is 7.00. The van der Waals surface area contributed by atoms with E-state index in [1.54, 1.807) is 0 Å². The highest BCUT2D eigenvalue weighted by molar-refractivity contribution is 5.25. The van der Waals surface area contributed by atoms with Crippen molar-refractivity contribution in [2.75, 3.05) is 14.1 Å². The summed E-state index contributed by atoms with van der Waals surface area (Å²) in [4.78, 5) is 2.26. The molecule has 1 heterocycles. The van der Waals surface area contributed by atoms with Crippen molar-refractivity contribution < 1.29 is 0 Å². The zero-order valence-electron chi connectivity index (χ0n) is 15.8. The van der Waals surface area contributed by atoms with E-state index in [0.717, 1.165) is 13.1 Å². The van der Waals surface area contributed by atoms with E-state index in [4.69, 9.17) is 0 Å². The molecule has 0 saturated heterocycles. The molecule has 4 nitrogen and oxygen atoms in total. The summed E-state index contributed by atoms with van der Waals surface area (Å²) < 4.78 is 1.95. The van der Waals surface area contributed by atoms with E-state index in [2.05, 4.69) is 90.9 Å². The topological polar surface area (TPSA) is 33.1 Å². The number of hydrogen-bond donors (Lipinski definition) is 1. The molecule has 0 amide bonds. The normalized spacial score (nSPS) is 13.7. The molecule has 0 radical (unpaired) electrons. The Balaban J connectivity index is 1.70. The van der Waals surface area contributed by atoms with Gasteiger partial charge < -0.3 is 10.2 Å².